The van der Waals surface area contributed by atoms with Gasteiger partial charge in [0.25, 0.3) is 0 Å². The van der Waals surface area contributed by atoms with Crippen LogP contribution in [0.15, 0.2) is 49.1 Å². The lowest BCUT2D eigenvalue weighted by atomic mass is 10.1. The normalized spacial score (nSPS) is 12.6. The Morgan fingerprint density at radius 3 is 2.52 bits per heavy atom. The van der Waals surface area contributed by atoms with Crippen molar-refractivity contribution in [3.8, 4) is 11.6 Å². The number of aromatic nitrogens is 4. The highest BCUT2D eigenvalue weighted by Crippen LogP contribution is 2.35. The molecule has 10 heteroatoms. The summed E-state index contributed by atoms with van der Waals surface area (Å²) in [6.45, 7) is -0.210. The van der Waals surface area contributed by atoms with E-state index in [1.54, 1.807) is 0 Å². The number of carbonyl (C=O) groups is 1. The number of benzene rings is 1. The Bertz CT molecular complexity index is 912. The van der Waals surface area contributed by atoms with Crippen LogP contribution in [0.25, 0.3) is 0 Å². The van der Waals surface area contributed by atoms with Gasteiger partial charge >= 0.3 is 6.18 Å². The second kappa shape index (κ2) is 7.54. The lowest BCUT2D eigenvalue weighted by Gasteiger charge is -2.17. The molecule has 1 N–H and O–H groups in total. The molecule has 7 nitrogen and oxygen atoms in total. The zero-order chi connectivity index (χ0) is 19.4. The zero-order valence-electron chi connectivity index (χ0n) is 13.7. The number of nitrogens with zero attached hydrogens (tertiary/aromatic N) is 4. The summed E-state index contributed by atoms with van der Waals surface area (Å²) in [5, 5.41) is 13.9. The largest absolute Gasteiger partial charge is 0.439 e. The maximum Gasteiger partial charge on any atom is 0.433 e. The number of carbonyl (C=O) groups excluding carboxylic acids is 1. The summed E-state index contributed by atoms with van der Waals surface area (Å²) in [5.74, 6) is -0.0741. The van der Waals surface area contributed by atoms with Crippen molar-refractivity contribution >= 4 is 6.29 Å². The predicted octanol–water partition coefficient (Wildman–Crippen LogP) is 3.03. The van der Waals surface area contributed by atoms with Crippen molar-refractivity contribution < 1.29 is 27.8 Å². The summed E-state index contributed by atoms with van der Waals surface area (Å²) in [7, 11) is 0. The summed E-state index contributed by atoms with van der Waals surface area (Å²) in [6, 6.07) is 8.13. The van der Waals surface area contributed by atoms with Gasteiger partial charge in [-0.2, -0.15) is 18.3 Å². The minimum Gasteiger partial charge on any atom is -0.439 e. The summed E-state index contributed by atoms with van der Waals surface area (Å²) in [6.07, 6.45) is -3.15. The molecule has 1 aromatic carbocycles. The number of aliphatic hydroxyl groups excluding tert-OH is 1. The highest BCUT2D eigenvalue weighted by Gasteiger charge is 2.37. The number of alkyl halides is 3. The van der Waals surface area contributed by atoms with Gasteiger partial charge in [-0.05, 0) is 30.3 Å². The van der Waals surface area contributed by atoms with Crippen LogP contribution in [0.1, 0.15) is 27.7 Å². The van der Waals surface area contributed by atoms with Crippen LogP contribution >= 0.6 is 0 Å². The Labute approximate surface area is 151 Å². The van der Waals surface area contributed by atoms with E-state index in [-0.39, 0.29) is 18.2 Å². The number of hydrogen-bond donors (Lipinski definition) is 1. The first-order valence-corrected chi connectivity index (χ1v) is 7.68. The predicted molar refractivity (Wildman–Crippen MR) is 86.1 cm³/mol. The molecule has 2 aromatic heterocycles. The number of ether oxygens (including phenoxy) is 1. The lowest BCUT2D eigenvalue weighted by molar-refractivity contribution is -0.143. The number of hydrogen-bond acceptors (Lipinski definition) is 6. The Kier molecular flexibility index (Phi) is 5.17. The quantitative estimate of drug-likeness (QED) is 0.663. The van der Waals surface area contributed by atoms with Crippen molar-refractivity contribution in [1.82, 2.24) is 19.7 Å². The second-order valence-corrected chi connectivity index (χ2v) is 5.51. The molecule has 1 unspecified atom stereocenters. The summed E-state index contributed by atoms with van der Waals surface area (Å²) < 4.78 is 46.7. The van der Waals surface area contributed by atoms with Gasteiger partial charge in [0.15, 0.2) is 5.69 Å². The molecule has 140 valence electrons. The molecule has 1 atom stereocenters. The van der Waals surface area contributed by atoms with Crippen LogP contribution in [0.5, 0.6) is 11.6 Å². The van der Waals surface area contributed by atoms with Crippen molar-refractivity contribution in [2.45, 2.75) is 18.8 Å². The third-order valence-corrected chi connectivity index (χ3v) is 3.59. The summed E-state index contributed by atoms with van der Waals surface area (Å²) in [5.41, 5.74) is -1.25. The van der Waals surface area contributed by atoms with Crippen molar-refractivity contribution in [3.63, 3.8) is 0 Å². The fourth-order valence-corrected chi connectivity index (χ4v) is 2.34. The molecule has 0 aliphatic rings. The highest BCUT2D eigenvalue weighted by molar-refractivity contribution is 5.74. The topological polar surface area (TPSA) is 90.1 Å². The number of rotatable bonds is 6. The van der Waals surface area contributed by atoms with Crippen molar-refractivity contribution in [1.29, 1.82) is 0 Å². The van der Waals surface area contributed by atoms with Crippen LogP contribution in [0.4, 0.5) is 13.2 Å². The van der Waals surface area contributed by atoms with Gasteiger partial charge in [0.1, 0.15) is 30.8 Å². The molecule has 27 heavy (non-hydrogen) atoms. The first-order chi connectivity index (χ1) is 12.9. The van der Waals surface area contributed by atoms with Gasteiger partial charge in [-0.25, -0.2) is 9.97 Å². The van der Waals surface area contributed by atoms with Crippen molar-refractivity contribution in [2.24, 2.45) is 0 Å². The van der Waals surface area contributed by atoms with Crippen LogP contribution in [-0.2, 0) is 12.7 Å². The number of pyridine rings is 1. The molecule has 0 saturated carbocycles. The van der Waals surface area contributed by atoms with Crippen molar-refractivity contribution in [3.05, 3.63) is 65.9 Å². The fourth-order valence-electron chi connectivity index (χ4n) is 2.34. The van der Waals surface area contributed by atoms with Crippen molar-refractivity contribution in [2.75, 3.05) is 0 Å². The molecule has 0 saturated heterocycles. The van der Waals surface area contributed by atoms with E-state index in [1.807, 2.05) is 0 Å². The van der Waals surface area contributed by atoms with Gasteiger partial charge in [-0.1, -0.05) is 0 Å². The number of aldehydes is 1. The molecule has 0 aliphatic heterocycles. The third-order valence-electron chi connectivity index (χ3n) is 3.59. The van der Waals surface area contributed by atoms with E-state index in [0.29, 0.717) is 11.8 Å². The molecule has 0 amide bonds. The van der Waals surface area contributed by atoms with E-state index in [0.717, 1.165) is 6.07 Å². The average molecular weight is 378 g/mol. The highest BCUT2D eigenvalue weighted by atomic mass is 19.4. The van der Waals surface area contributed by atoms with Gasteiger partial charge < -0.3 is 9.84 Å². The third kappa shape index (κ3) is 4.47. The zero-order valence-corrected chi connectivity index (χ0v) is 13.7. The smallest absolute Gasteiger partial charge is 0.433 e. The number of aliphatic hydroxyl groups is 1. The van der Waals surface area contributed by atoms with Crippen LogP contribution < -0.4 is 4.74 Å². The first-order valence-electron chi connectivity index (χ1n) is 7.68. The van der Waals surface area contributed by atoms with Crippen LogP contribution in [0.2, 0.25) is 0 Å². The van der Waals surface area contributed by atoms with Gasteiger partial charge in [0, 0.05) is 17.2 Å². The maximum absolute atomic E-state index is 13.4. The minimum absolute atomic E-state index is 0.210. The molecule has 0 radical (unpaired) electrons. The molecule has 3 rings (SSSR count). The molecular formula is C17H13F3N4O3. The van der Waals surface area contributed by atoms with Gasteiger partial charge in [0.2, 0.25) is 5.88 Å². The van der Waals surface area contributed by atoms with Gasteiger partial charge in [-0.15, -0.1) is 0 Å². The molecular weight excluding hydrogens is 365 g/mol. The molecule has 0 spiro atoms. The number of halogens is 3. The molecule has 2 heterocycles. The standard InChI is InChI=1S/C17H13F3N4O3/c18-17(19,20)16-13(14(26)7-24-10-21-9-22-24)5-6-15(23-16)27-12-3-1-11(8-25)2-4-12/h1-6,8-10,14,26H,7H2. The first kappa shape index (κ1) is 18.5. The van der Waals surface area contributed by atoms with E-state index < -0.39 is 23.5 Å². The summed E-state index contributed by atoms with van der Waals surface area (Å²) >= 11 is 0. The fraction of sp³-hybridized carbons (Fsp3) is 0.176. The van der Waals surface area contributed by atoms with Crippen LogP contribution in [0.3, 0.4) is 0 Å². The molecule has 3 aromatic rings. The summed E-state index contributed by atoms with van der Waals surface area (Å²) in [4.78, 5) is 17.8. The van der Waals surface area contributed by atoms with Gasteiger partial charge in [-0.3, -0.25) is 9.48 Å². The van der Waals surface area contributed by atoms with Crippen LogP contribution in [-0.4, -0.2) is 31.1 Å². The van der Waals surface area contributed by atoms with Gasteiger partial charge in [0.05, 0.1) is 6.54 Å². The van der Waals surface area contributed by atoms with E-state index in [4.69, 9.17) is 4.74 Å². The van der Waals surface area contributed by atoms with E-state index >= 15 is 0 Å². The Morgan fingerprint density at radius 2 is 1.93 bits per heavy atom. The Balaban J connectivity index is 1.87. The Hall–Kier alpha value is -3.27. The monoisotopic (exact) mass is 378 g/mol. The maximum atomic E-state index is 13.4. The molecule has 0 fully saturated rings. The van der Waals surface area contributed by atoms with E-state index in [1.165, 1.54) is 47.7 Å². The Morgan fingerprint density at radius 1 is 1.19 bits per heavy atom. The molecule has 0 bridgehead atoms. The minimum atomic E-state index is -4.79. The second-order valence-electron chi connectivity index (χ2n) is 5.51. The molecule has 0 aliphatic carbocycles. The average Bonchev–Trinajstić information content (AvgIpc) is 3.14. The lowest BCUT2D eigenvalue weighted by Crippen LogP contribution is -2.18. The van der Waals surface area contributed by atoms with E-state index in [2.05, 4.69) is 15.1 Å². The van der Waals surface area contributed by atoms with Crippen LogP contribution in [0, 0.1) is 0 Å². The van der Waals surface area contributed by atoms with E-state index in [9.17, 15) is 23.1 Å². The SMILES string of the molecule is O=Cc1ccc(Oc2ccc(C(O)Cn3cncn3)c(C(F)(F)F)n2)cc1.